The highest BCUT2D eigenvalue weighted by Crippen LogP contribution is 2.27. The van der Waals surface area contributed by atoms with E-state index in [1.807, 2.05) is 18.2 Å². The van der Waals surface area contributed by atoms with Gasteiger partial charge >= 0.3 is 0 Å². The minimum absolute atomic E-state index is 0.0422. The summed E-state index contributed by atoms with van der Waals surface area (Å²) >= 11 is 1.42. The number of thiazole rings is 1. The molecule has 140 valence electrons. The number of likely N-dealkylation sites (tertiary alicyclic amines) is 1. The van der Waals surface area contributed by atoms with Crippen LogP contribution >= 0.6 is 11.3 Å². The summed E-state index contributed by atoms with van der Waals surface area (Å²) in [5.41, 5.74) is 1.79. The highest BCUT2D eigenvalue weighted by atomic mass is 32.1. The number of rotatable bonds is 6. The van der Waals surface area contributed by atoms with Crippen molar-refractivity contribution in [1.29, 1.82) is 0 Å². The first-order chi connectivity index (χ1) is 12.5. The Labute approximate surface area is 158 Å². The molecule has 1 atom stereocenters. The van der Waals surface area contributed by atoms with Crippen LogP contribution in [0.15, 0.2) is 18.2 Å². The van der Waals surface area contributed by atoms with E-state index < -0.39 is 0 Å². The topological polar surface area (TPSA) is 74.3 Å². The summed E-state index contributed by atoms with van der Waals surface area (Å²) in [5, 5.41) is 6.32. The van der Waals surface area contributed by atoms with Crippen LogP contribution in [0.5, 0.6) is 0 Å². The Morgan fingerprint density at radius 1 is 1.35 bits per heavy atom. The summed E-state index contributed by atoms with van der Waals surface area (Å²) in [5.74, 6) is -0.0905. The zero-order valence-corrected chi connectivity index (χ0v) is 16.2. The SMILES string of the molecule is CC(=O)Nc1nc2ccc(CC(=O)NCCN3CCCCC3C)cc2s1. The van der Waals surface area contributed by atoms with Crippen molar-refractivity contribution >= 4 is 38.5 Å². The van der Waals surface area contributed by atoms with Gasteiger partial charge in [-0.3, -0.25) is 14.5 Å². The minimum atomic E-state index is -0.133. The largest absolute Gasteiger partial charge is 0.355 e. The van der Waals surface area contributed by atoms with Gasteiger partial charge in [0.2, 0.25) is 11.8 Å². The zero-order valence-electron chi connectivity index (χ0n) is 15.4. The molecule has 0 aliphatic carbocycles. The smallest absolute Gasteiger partial charge is 0.224 e. The fourth-order valence-electron chi connectivity index (χ4n) is 3.36. The Kier molecular flexibility index (Phi) is 6.21. The summed E-state index contributed by atoms with van der Waals surface area (Å²) in [6.45, 7) is 6.47. The Morgan fingerprint density at radius 3 is 2.96 bits per heavy atom. The molecule has 3 rings (SSSR count). The number of nitrogens with zero attached hydrogens (tertiary/aromatic N) is 2. The average molecular weight is 375 g/mol. The van der Waals surface area contributed by atoms with Crippen molar-refractivity contribution in [2.24, 2.45) is 0 Å². The fraction of sp³-hybridized carbons (Fsp3) is 0.526. The summed E-state index contributed by atoms with van der Waals surface area (Å²) in [6.07, 6.45) is 4.18. The third-order valence-corrected chi connectivity index (χ3v) is 5.70. The second kappa shape index (κ2) is 8.60. The molecule has 6 nitrogen and oxygen atoms in total. The lowest BCUT2D eigenvalue weighted by molar-refractivity contribution is -0.120. The van der Waals surface area contributed by atoms with Crippen molar-refractivity contribution in [1.82, 2.24) is 15.2 Å². The summed E-state index contributed by atoms with van der Waals surface area (Å²) in [6, 6.07) is 6.42. The van der Waals surface area contributed by atoms with Gasteiger partial charge in [0, 0.05) is 26.1 Å². The third-order valence-electron chi connectivity index (χ3n) is 4.76. The second-order valence-corrected chi connectivity index (χ2v) is 7.94. The standard InChI is InChI=1S/C19H26N4O2S/c1-13-5-3-4-9-23(13)10-8-20-18(25)12-15-6-7-16-17(11-15)26-19(22-16)21-14(2)24/h6-7,11,13H,3-5,8-10,12H2,1-2H3,(H,20,25)(H,21,22,24). The first-order valence-electron chi connectivity index (χ1n) is 9.19. The van der Waals surface area contributed by atoms with E-state index in [1.54, 1.807) is 0 Å². The molecule has 7 heteroatoms. The Morgan fingerprint density at radius 2 is 2.19 bits per heavy atom. The van der Waals surface area contributed by atoms with Crippen molar-refractivity contribution in [2.45, 2.75) is 45.6 Å². The molecule has 1 aliphatic rings. The van der Waals surface area contributed by atoms with Gasteiger partial charge in [0.25, 0.3) is 0 Å². The van der Waals surface area contributed by atoms with Crippen LogP contribution in [0.3, 0.4) is 0 Å². The van der Waals surface area contributed by atoms with Crippen LogP contribution in [0.25, 0.3) is 10.2 Å². The number of anilines is 1. The Bertz CT molecular complexity index is 789. The van der Waals surface area contributed by atoms with Crippen LogP contribution in [0.2, 0.25) is 0 Å². The number of carbonyl (C=O) groups is 2. The van der Waals surface area contributed by atoms with Gasteiger partial charge in [-0.1, -0.05) is 23.8 Å². The zero-order chi connectivity index (χ0) is 18.5. The van der Waals surface area contributed by atoms with Gasteiger partial charge in [-0.2, -0.15) is 0 Å². The van der Waals surface area contributed by atoms with E-state index in [-0.39, 0.29) is 11.8 Å². The quantitative estimate of drug-likeness (QED) is 0.815. The maximum atomic E-state index is 12.2. The van der Waals surface area contributed by atoms with Crippen molar-refractivity contribution in [3.63, 3.8) is 0 Å². The maximum Gasteiger partial charge on any atom is 0.224 e. The molecule has 1 saturated heterocycles. The number of hydrogen-bond donors (Lipinski definition) is 2. The summed E-state index contributed by atoms with van der Waals surface area (Å²) < 4.78 is 0.973. The molecule has 26 heavy (non-hydrogen) atoms. The molecule has 2 aromatic rings. The van der Waals surface area contributed by atoms with Crippen LogP contribution in [0.4, 0.5) is 5.13 Å². The molecule has 0 radical (unpaired) electrons. The van der Waals surface area contributed by atoms with Gasteiger partial charge in [-0.15, -0.1) is 0 Å². The van der Waals surface area contributed by atoms with Gasteiger partial charge in [0.1, 0.15) is 0 Å². The molecule has 1 fully saturated rings. The number of piperidine rings is 1. The normalized spacial score (nSPS) is 18.0. The molecule has 0 spiro atoms. The molecule has 1 unspecified atom stereocenters. The first kappa shape index (κ1) is 18.8. The number of carbonyl (C=O) groups excluding carboxylic acids is 2. The predicted octanol–water partition coefficient (Wildman–Crippen LogP) is 2.79. The lowest BCUT2D eigenvalue weighted by Gasteiger charge is -2.33. The summed E-state index contributed by atoms with van der Waals surface area (Å²) in [7, 11) is 0. The highest BCUT2D eigenvalue weighted by Gasteiger charge is 2.17. The molecule has 0 bridgehead atoms. The highest BCUT2D eigenvalue weighted by molar-refractivity contribution is 7.22. The van der Waals surface area contributed by atoms with Crippen molar-refractivity contribution in [3.8, 4) is 0 Å². The van der Waals surface area contributed by atoms with Crippen LogP contribution < -0.4 is 10.6 Å². The molecule has 1 aromatic carbocycles. The van der Waals surface area contributed by atoms with Crippen LogP contribution in [0.1, 0.15) is 38.7 Å². The number of aromatic nitrogens is 1. The van der Waals surface area contributed by atoms with Gasteiger partial charge in [0.15, 0.2) is 5.13 Å². The fourth-order valence-corrected chi connectivity index (χ4v) is 4.34. The van der Waals surface area contributed by atoms with E-state index in [0.29, 0.717) is 24.1 Å². The number of amides is 2. The van der Waals surface area contributed by atoms with E-state index in [4.69, 9.17) is 0 Å². The molecule has 1 aromatic heterocycles. The molecule has 2 amide bonds. The first-order valence-corrected chi connectivity index (χ1v) is 10.0. The number of fused-ring (bicyclic) bond motifs is 1. The van der Waals surface area contributed by atoms with Gasteiger partial charge in [0.05, 0.1) is 16.6 Å². The van der Waals surface area contributed by atoms with Crippen LogP contribution in [-0.2, 0) is 16.0 Å². The monoisotopic (exact) mass is 374 g/mol. The third kappa shape index (κ3) is 5.02. The van der Waals surface area contributed by atoms with Crippen molar-refractivity contribution in [3.05, 3.63) is 23.8 Å². The molecule has 2 heterocycles. The molecular formula is C19H26N4O2S. The molecular weight excluding hydrogens is 348 g/mol. The van der Waals surface area contributed by atoms with E-state index in [0.717, 1.165) is 28.9 Å². The Balaban J connectivity index is 1.51. The number of benzene rings is 1. The van der Waals surface area contributed by atoms with E-state index >= 15 is 0 Å². The molecule has 0 saturated carbocycles. The minimum Gasteiger partial charge on any atom is -0.355 e. The van der Waals surface area contributed by atoms with Crippen molar-refractivity contribution < 1.29 is 9.59 Å². The lowest BCUT2D eigenvalue weighted by Crippen LogP contribution is -2.42. The maximum absolute atomic E-state index is 12.2. The van der Waals surface area contributed by atoms with E-state index in [9.17, 15) is 9.59 Å². The van der Waals surface area contributed by atoms with Crippen LogP contribution in [-0.4, -0.2) is 47.4 Å². The second-order valence-electron chi connectivity index (χ2n) is 6.91. The van der Waals surface area contributed by atoms with E-state index in [1.165, 1.54) is 37.5 Å². The Hall–Kier alpha value is -1.99. The predicted molar refractivity (Wildman–Crippen MR) is 106 cm³/mol. The van der Waals surface area contributed by atoms with Gasteiger partial charge < -0.3 is 10.6 Å². The molecule has 2 N–H and O–H groups in total. The lowest BCUT2D eigenvalue weighted by atomic mass is 10.0. The van der Waals surface area contributed by atoms with E-state index in [2.05, 4.69) is 27.4 Å². The average Bonchev–Trinajstić information content (AvgIpc) is 2.97. The summed E-state index contributed by atoms with van der Waals surface area (Å²) in [4.78, 5) is 30.2. The van der Waals surface area contributed by atoms with Gasteiger partial charge in [-0.05, 0) is 44.0 Å². The van der Waals surface area contributed by atoms with Gasteiger partial charge in [-0.25, -0.2) is 4.98 Å². The van der Waals surface area contributed by atoms with Crippen LogP contribution in [0, 0.1) is 0 Å². The number of nitrogens with one attached hydrogen (secondary N) is 2. The number of hydrogen-bond acceptors (Lipinski definition) is 5. The molecule has 1 aliphatic heterocycles. The van der Waals surface area contributed by atoms with Crippen molar-refractivity contribution in [2.75, 3.05) is 25.0 Å².